The Morgan fingerprint density at radius 3 is 2.65 bits per heavy atom. The first kappa shape index (κ1) is 19.1. The van der Waals surface area contributed by atoms with Gasteiger partial charge in [0.2, 0.25) is 0 Å². The molecule has 0 aromatic rings. The topological polar surface area (TPSA) is 43.4 Å². The van der Waals surface area contributed by atoms with E-state index in [0.29, 0.717) is 11.8 Å². The van der Waals surface area contributed by atoms with Crippen LogP contribution in [0.15, 0.2) is 34.4 Å². The molecule has 0 aromatic carbocycles. The molecule has 0 spiro atoms. The second kappa shape index (κ2) is 7.17. The van der Waals surface area contributed by atoms with Crippen LogP contribution < -0.4 is 0 Å². The lowest BCUT2D eigenvalue weighted by atomic mass is 9.59. The highest BCUT2D eigenvalue weighted by molar-refractivity contribution is 5.74. The average Bonchev–Trinajstić information content (AvgIpc) is 2.94. The third-order valence-electron chi connectivity index (χ3n) is 6.96. The number of ether oxygens (including phenoxy) is 1. The number of fused-ring (bicyclic) bond motifs is 3. The maximum absolute atomic E-state index is 11.7. The summed E-state index contributed by atoms with van der Waals surface area (Å²) in [5, 5.41) is 0. The maximum atomic E-state index is 11.7. The Balaban J connectivity index is 2.10. The van der Waals surface area contributed by atoms with Gasteiger partial charge in [0.25, 0.3) is 0 Å². The first-order valence-corrected chi connectivity index (χ1v) is 10.0. The highest BCUT2D eigenvalue weighted by atomic mass is 16.5. The molecular weight excluding hydrogens is 324 g/mol. The summed E-state index contributed by atoms with van der Waals surface area (Å²) in [6.45, 7) is 10.6. The fraction of sp³-hybridized carbons (Fsp3) is 0.652. The second-order valence-corrected chi connectivity index (χ2v) is 8.84. The Morgan fingerprint density at radius 2 is 2.04 bits per heavy atom. The van der Waals surface area contributed by atoms with E-state index in [1.54, 1.807) is 5.57 Å². The fourth-order valence-electron chi connectivity index (χ4n) is 5.53. The lowest BCUT2D eigenvalue weighted by Gasteiger charge is -2.46. The largest absolute Gasteiger partial charge is 0.458 e. The quantitative estimate of drug-likeness (QED) is 0.398. The molecule has 0 saturated carbocycles. The van der Waals surface area contributed by atoms with Crippen LogP contribution in [0.25, 0.3) is 0 Å². The maximum Gasteiger partial charge on any atom is 0.303 e. The smallest absolute Gasteiger partial charge is 0.303 e. The van der Waals surface area contributed by atoms with Gasteiger partial charge in [-0.3, -0.25) is 9.59 Å². The molecule has 0 heterocycles. The van der Waals surface area contributed by atoms with Gasteiger partial charge in [-0.15, -0.1) is 0 Å². The molecule has 3 aliphatic rings. The van der Waals surface area contributed by atoms with Gasteiger partial charge < -0.3 is 4.74 Å². The molecule has 0 fully saturated rings. The predicted octanol–water partition coefficient (Wildman–Crippen LogP) is 5.17. The first-order chi connectivity index (χ1) is 12.3. The Hall–Kier alpha value is -1.64. The molecule has 0 bridgehead atoms. The summed E-state index contributed by atoms with van der Waals surface area (Å²) in [4.78, 5) is 23.1. The molecule has 0 amide bonds. The number of aldehydes is 1. The van der Waals surface area contributed by atoms with Crippen LogP contribution in [0.1, 0.15) is 66.7 Å². The lowest BCUT2D eigenvalue weighted by molar-refractivity contribution is -0.145. The number of rotatable bonds is 3. The molecule has 3 heteroatoms. The number of allylic oxidation sites excluding steroid dienone is 5. The molecule has 4 atom stereocenters. The van der Waals surface area contributed by atoms with E-state index in [2.05, 4.69) is 39.8 Å². The molecule has 3 aliphatic carbocycles. The van der Waals surface area contributed by atoms with Crippen LogP contribution >= 0.6 is 0 Å². The van der Waals surface area contributed by atoms with Crippen LogP contribution in [-0.2, 0) is 14.3 Å². The lowest BCUT2D eigenvalue weighted by Crippen LogP contribution is -2.39. The normalized spacial score (nSPS) is 34.3. The van der Waals surface area contributed by atoms with Crippen molar-refractivity contribution in [2.75, 3.05) is 0 Å². The van der Waals surface area contributed by atoms with Crippen LogP contribution in [0.4, 0.5) is 0 Å². The van der Waals surface area contributed by atoms with Crippen molar-refractivity contribution in [1.82, 2.24) is 0 Å². The molecule has 0 aromatic heterocycles. The van der Waals surface area contributed by atoms with Gasteiger partial charge in [-0.25, -0.2) is 0 Å². The summed E-state index contributed by atoms with van der Waals surface area (Å²) in [7, 11) is 0. The summed E-state index contributed by atoms with van der Waals surface area (Å²) in [6.07, 6.45) is 10.2. The van der Waals surface area contributed by atoms with Crippen molar-refractivity contribution in [3.63, 3.8) is 0 Å². The standard InChI is InChI=1S/C23H32O3/c1-14(2)18-10-11-23(5)20(18)8-9-22(26-16(4)25)15(3)19-7-6-17(13-24)12-21(19)23/h10,12-14,20-22H,6-9,11H2,1-5H3. The van der Waals surface area contributed by atoms with E-state index in [-0.39, 0.29) is 23.4 Å². The van der Waals surface area contributed by atoms with Crippen molar-refractivity contribution in [3.05, 3.63) is 34.4 Å². The van der Waals surface area contributed by atoms with E-state index in [1.807, 2.05) is 0 Å². The van der Waals surface area contributed by atoms with Gasteiger partial charge in [-0.2, -0.15) is 0 Å². The molecule has 142 valence electrons. The summed E-state index contributed by atoms with van der Waals surface area (Å²) in [5.41, 5.74) is 5.19. The minimum absolute atomic E-state index is 0.117. The number of carbonyl (C=O) groups is 2. The number of hydrogen-bond donors (Lipinski definition) is 0. The van der Waals surface area contributed by atoms with Crippen LogP contribution in [-0.4, -0.2) is 18.4 Å². The molecule has 4 unspecified atom stereocenters. The number of esters is 1. The molecule has 0 saturated heterocycles. The van der Waals surface area contributed by atoms with Crippen LogP contribution in [0.3, 0.4) is 0 Å². The Morgan fingerprint density at radius 1 is 1.31 bits per heavy atom. The van der Waals surface area contributed by atoms with Gasteiger partial charge >= 0.3 is 5.97 Å². The van der Waals surface area contributed by atoms with Crippen LogP contribution in [0.2, 0.25) is 0 Å². The third kappa shape index (κ3) is 3.21. The highest BCUT2D eigenvalue weighted by Crippen LogP contribution is 2.57. The molecule has 3 nitrogen and oxygen atoms in total. The second-order valence-electron chi connectivity index (χ2n) is 8.84. The van der Waals surface area contributed by atoms with Gasteiger partial charge in [0, 0.05) is 12.8 Å². The van der Waals surface area contributed by atoms with Crippen molar-refractivity contribution >= 4 is 12.3 Å². The molecule has 3 rings (SSSR count). The van der Waals surface area contributed by atoms with Gasteiger partial charge in [-0.1, -0.05) is 44.1 Å². The Bertz CT molecular complexity index is 694. The van der Waals surface area contributed by atoms with Crippen molar-refractivity contribution in [2.24, 2.45) is 23.2 Å². The van der Waals surface area contributed by atoms with E-state index in [0.717, 1.165) is 44.0 Å². The van der Waals surface area contributed by atoms with Crippen LogP contribution in [0.5, 0.6) is 0 Å². The minimum Gasteiger partial charge on any atom is -0.458 e. The summed E-state index contributed by atoms with van der Waals surface area (Å²) >= 11 is 0. The van der Waals surface area contributed by atoms with Gasteiger partial charge in [0.1, 0.15) is 12.4 Å². The zero-order valence-electron chi connectivity index (χ0n) is 16.8. The van der Waals surface area contributed by atoms with Crippen LogP contribution in [0, 0.1) is 23.2 Å². The minimum atomic E-state index is -0.208. The number of carbonyl (C=O) groups excluding carboxylic acids is 2. The zero-order valence-corrected chi connectivity index (χ0v) is 16.8. The average molecular weight is 357 g/mol. The molecule has 0 aliphatic heterocycles. The summed E-state index contributed by atoms with van der Waals surface area (Å²) < 4.78 is 5.71. The Labute approximate surface area is 157 Å². The molecule has 26 heavy (non-hydrogen) atoms. The summed E-state index contributed by atoms with van der Waals surface area (Å²) in [6, 6.07) is 0. The third-order valence-corrected chi connectivity index (χ3v) is 6.96. The van der Waals surface area contributed by atoms with Crippen molar-refractivity contribution < 1.29 is 14.3 Å². The van der Waals surface area contributed by atoms with E-state index >= 15 is 0 Å². The summed E-state index contributed by atoms with van der Waals surface area (Å²) in [5.74, 6) is 1.06. The SMILES string of the molecule is CC(=O)OC1CCC2C(C(C)C)=CCC2(C)C2C=C(C=O)CCC2=C1C. The van der Waals surface area contributed by atoms with Crippen molar-refractivity contribution in [3.8, 4) is 0 Å². The van der Waals surface area contributed by atoms with Gasteiger partial charge in [-0.05, 0) is 67.4 Å². The van der Waals surface area contributed by atoms with Crippen molar-refractivity contribution in [1.29, 1.82) is 0 Å². The van der Waals surface area contributed by atoms with E-state index in [9.17, 15) is 9.59 Å². The van der Waals surface area contributed by atoms with E-state index < -0.39 is 0 Å². The predicted molar refractivity (Wildman–Crippen MR) is 103 cm³/mol. The number of hydrogen-bond acceptors (Lipinski definition) is 3. The monoisotopic (exact) mass is 356 g/mol. The van der Waals surface area contributed by atoms with E-state index in [1.165, 1.54) is 18.1 Å². The molecular formula is C23H32O3. The fourth-order valence-corrected chi connectivity index (χ4v) is 5.53. The zero-order chi connectivity index (χ0) is 19.1. The van der Waals surface area contributed by atoms with Crippen molar-refractivity contribution in [2.45, 2.75) is 72.8 Å². The first-order valence-electron chi connectivity index (χ1n) is 10.0. The Kier molecular flexibility index (Phi) is 5.28. The van der Waals surface area contributed by atoms with Gasteiger partial charge in [0.15, 0.2) is 0 Å². The van der Waals surface area contributed by atoms with Gasteiger partial charge in [0.05, 0.1) is 0 Å². The molecule has 0 radical (unpaired) electrons. The molecule has 0 N–H and O–H groups in total. The highest BCUT2D eigenvalue weighted by Gasteiger charge is 2.49. The van der Waals surface area contributed by atoms with E-state index in [4.69, 9.17) is 4.74 Å².